The van der Waals surface area contributed by atoms with E-state index in [0.717, 1.165) is 16.5 Å². The van der Waals surface area contributed by atoms with Gasteiger partial charge in [0.25, 0.3) is 5.91 Å². The summed E-state index contributed by atoms with van der Waals surface area (Å²) in [4.78, 5) is 11.1. The molecule has 0 heterocycles. The third-order valence-electron chi connectivity index (χ3n) is 2.75. The van der Waals surface area contributed by atoms with Crippen molar-refractivity contribution in [2.24, 2.45) is 11.5 Å². The molecule has 4 nitrogen and oxygen atoms in total. The number of benzene rings is 1. The Hall–Kier alpha value is -1.07. The summed E-state index contributed by atoms with van der Waals surface area (Å²) < 4.78 is 6.41. The van der Waals surface area contributed by atoms with E-state index in [9.17, 15) is 4.79 Å². The molecule has 0 aliphatic rings. The number of primary amides is 1. The Kier molecular flexibility index (Phi) is 5.62. The van der Waals surface area contributed by atoms with E-state index in [2.05, 4.69) is 15.9 Å². The number of ether oxygens (including phenoxy) is 1. The van der Waals surface area contributed by atoms with Crippen molar-refractivity contribution in [3.8, 4) is 5.75 Å². The molecule has 2 atom stereocenters. The van der Waals surface area contributed by atoms with E-state index in [-0.39, 0.29) is 6.04 Å². The number of rotatable bonds is 6. The summed E-state index contributed by atoms with van der Waals surface area (Å²) in [6, 6.07) is 5.81. The Morgan fingerprint density at radius 2 is 2.17 bits per heavy atom. The van der Waals surface area contributed by atoms with Gasteiger partial charge in [-0.25, -0.2) is 0 Å². The lowest BCUT2D eigenvalue weighted by molar-refractivity contribution is -0.124. The lowest BCUT2D eigenvalue weighted by Crippen LogP contribution is -2.31. The first kappa shape index (κ1) is 15.0. The second kappa shape index (κ2) is 6.75. The van der Waals surface area contributed by atoms with E-state index in [1.807, 2.05) is 25.1 Å². The van der Waals surface area contributed by atoms with Gasteiger partial charge in [0.15, 0.2) is 6.10 Å². The molecule has 0 fully saturated rings. The standard InChI is InChI=1S/C13H19BrN2O2/c1-3-10(15)7-9-5-4-6-11(14)12(9)18-8(2)13(16)17/h4-6,8,10H,3,7,15H2,1-2H3,(H2,16,17). The third-order valence-corrected chi connectivity index (χ3v) is 3.37. The number of nitrogens with two attached hydrogens (primary N) is 2. The molecule has 5 heteroatoms. The molecule has 0 aliphatic heterocycles. The van der Waals surface area contributed by atoms with Gasteiger partial charge >= 0.3 is 0 Å². The zero-order valence-corrected chi connectivity index (χ0v) is 12.2. The first-order valence-electron chi connectivity index (χ1n) is 5.94. The number of carbonyl (C=O) groups is 1. The Bertz CT molecular complexity index is 423. The summed E-state index contributed by atoms with van der Waals surface area (Å²) >= 11 is 3.42. The minimum absolute atomic E-state index is 0.0746. The van der Waals surface area contributed by atoms with Crippen molar-refractivity contribution < 1.29 is 9.53 Å². The van der Waals surface area contributed by atoms with E-state index >= 15 is 0 Å². The fourth-order valence-corrected chi connectivity index (χ4v) is 2.01. The van der Waals surface area contributed by atoms with Crippen molar-refractivity contribution in [3.63, 3.8) is 0 Å². The SMILES string of the molecule is CCC(N)Cc1cccc(Br)c1OC(C)C(N)=O. The first-order valence-corrected chi connectivity index (χ1v) is 6.74. The second-order valence-corrected chi connectivity index (χ2v) is 5.12. The van der Waals surface area contributed by atoms with Gasteiger partial charge in [-0.15, -0.1) is 0 Å². The molecule has 18 heavy (non-hydrogen) atoms. The Labute approximate surface area is 116 Å². The molecule has 1 amide bonds. The van der Waals surface area contributed by atoms with Crippen LogP contribution >= 0.6 is 15.9 Å². The fraction of sp³-hybridized carbons (Fsp3) is 0.462. The highest BCUT2D eigenvalue weighted by Gasteiger charge is 2.16. The minimum atomic E-state index is -0.666. The minimum Gasteiger partial charge on any atom is -0.479 e. The molecule has 0 saturated heterocycles. The Balaban J connectivity index is 2.97. The number of halogens is 1. The topological polar surface area (TPSA) is 78.3 Å². The van der Waals surface area contributed by atoms with Crippen molar-refractivity contribution in [3.05, 3.63) is 28.2 Å². The van der Waals surface area contributed by atoms with Crippen molar-refractivity contribution in [1.82, 2.24) is 0 Å². The molecule has 1 aromatic rings. The first-order chi connectivity index (χ1) is 8.45. The molecule has 100 valence electrons. The number of carbonyl (C=O) groups excluding carboxylic acids is 1. The van der Waals surface area contributed by atoms with E-state index in [1.165, 1.54) is 0 Å². The van der Waals surface area contributed by atoms with Gasteiger partial charge in [0.2, 0.25) is 0 Å². The van der Waals surface area contributed by atoms with Crippen LogP contribution in [0.15, 0.2) is 22.7 Å². The second-order valence-electron chi connectivity index (χ2n) is 4.26. The molecule has 0 aromatic heterocycles. The molecule has 2 unspecified atom stereocenters. The zero-order valence-electron chi connectivity index (χ0n) is 10.7. The van der Waals surface area contributed by atoms with Gasteiger partial charge in [0, 0.05) is 6.04 Å². The van der Waals surface area contributed by atoms with E-state index < -0.39 is 12.0 Å². The van der Waals surface area contributed by atoms with Crippen LogP contribution in [0.2, 0.25) is 0 Å². The monoisotopic (exact) mass is 314 g/mol. The van der Waals surface area contributed by atoms with Gasteiger partial charge in [-0.3, -0.25) is 4.79 Å². The highest BCUT2D eigenvalue weighted by Crippen LogP contribution is 2.30. The van der Waals surface area contributed by atoms with Gasteiger partial charge in [0.1, 0.15) is 5.75 Å². The maximum absolute atomic E-state index is 11.1. The van der Waals surface area contributed by atoms with E-state index in [0.29, 0.717) is 12.2 Å². The highest BCUT2D eigenvalue weighted by molar-refractivity contribution is 9.10. The molecule has 1 rings (SSSR count). The normalized spacial score (nSPS) is 14.0. The molecule has 0 radical (unpaired) electrons. The molecule has 4 N–H and O–H groups in total. The molecular weight excluding hydrogens is 296 g/mol. The van der Waals surface area contributed by atoms with Crippen molar-refractivity contribution in [1.29, 1.82) is 0 Å². The average Bonchev–Trinajstić information content (AvgIpc) is 2.32. The van der Waals surface area contributed by atoms with Crippen LogP contribution in [0.3, 0.4) is 0 Å². The molecule has 0 spiro atoms. The summed E-state index contributed by atoms with van der Waals surface area (Å²) in [6.07, 6.45) is 0.925. The molecule has 0 aliphatic carbocycles. The van der Waals surface area contributed by atoms with Crippen LogP contribution in [-0.4, -0.2) is 18.1 Å². The summed E-state index contributed by atoms with van der Waals surface area (Å²) in [5.74, 6) is 0.157. The van der Waals surface area contributed by atoms with Crippen LogP contribution in [-0.2, 0) is 11.2 Å². The number of amides is 1. The van der Waals surface area contributed by atoms with Crippen LogP contribution in [0.1, 0.15) is 25.8 Å². The smallest absolute Gasteiger partial charge is 0.258 e. The predicted molar refractivity (Wildman–Crippen MR) is 75.4 cm³/mol. The maximum atomic E-state index is 11.1. The summed E-state index contributed by atoms with van der Waals surface area (Å²) in [7, 11) is 0. The molecule has 0 bridgehead atoms. The largest absolute Gasteiger partial charge is 0.479 e. The van der Waals surface area contributed by atoms with Crippen LogP contribution < -0.4 is 16.2 Å². The lowest BCUT2D eigenvalue weighted by atomic mass is 10.0. The van der Waals surface area contributed by atoms with Crippen LogP contribution in [0.4, 0.5) is 0 Å². The number of para-hydroxylation sites is 1. The van der Waals surface area contributed by atoms with Gasteiger partial charge in [0.05, 0.1) is 4.47 Å². The summed E-state index contributed by atoms with van der Waals surface area (Å²) in [5.41, 5.74) is 12.1. The van der Waals surface area contributed by atoms with Gasteiger partial charge in [-0.1, -0.05) is 19.1 Å². The number of hydrogen-bond donors (Lipinski definition) is 2. The zero-order chi connectivity index (χ0) is 13.7. The van der Waals surface area contributed by atoms with Crippen LogP contribution in [0.25, 0.3) is 0 Å². The van der Waals surface area contributed by atoms with Crippen LogP contribution in [0.5, 0.6) is 5.75 Å². The van der Waals surface area contributed by atoms with Crippen LogP contribution in [0, 0.1) is 0 Å². The summed E-state index contributed by atoms with van der Waals surface area (Å²) in [5, 5.41) is 0. The summed E-state index contributed by atoms with van der Waals surface area (Å²) in [6.45, 7) is 3.67. The number of hydrogen-bond acceptors (Lipinski definition) is 3. The van der Waals surface area contributed by atoms with E-state index in [1.54, 1.807) is 6.92 Å². The van der Waals surface area contributed by atoms with Crippen molar-refractivity contribution in [2.75, 3.05) is 0 Å². The maximum Gasteiger partial charge on any atom is 0.258 e. The quantitative estimate of drug-likeness (QED) is 0.842. The average molecular weight is 315 g/mol. The lowest BCUT2D eigenvalue weighted by Gasteiger charge is -2.18. The third kappa shape index (κ3) is 3.99. The molecular formula is C13H19BrN2O2. The Morgan fingerprint density at radius 1 is 1.50 bits per heavy atom. The predicted octanol–water partition coefficient (Wildman–Crippen LogP) is 1.98. The highest BCUT2D eigenvalue weighted by atomic mass is 79.9. The van der Waals surface area contributed by atoms with Gasteiger partial charge in [-0.2, -0.15) is 0 Å². The Morgan fingerprint density at radius 3 is 2.72 bits per heavy atom. The van der Waals surface area contributed by atoms with Crippen molar-refractivity contribution in [2.45, 2.75) is 38.8 Å². The molecule has 1 aromatic carbocycles. The van der Waals surface area contributed by atoms with Gasteiger partial charge < -0.3 is 16.2 Å². The molecule has 0 saturated carbocycles. The van der Waals surface area contributed by atoms with Crippen molar-refractivity contribution >= 4 is 21.8 Å². The van der Waals surface area contributed by atoms with E-state index in [4.69, 9.17) is 16.2 Å². The van der Waals surface area contributed by atoms with Gasteiger partial charge in [-0.05, 0) is 47.3 Å². The fourth-order valence-electron chi connectivity index (χ4n) is 1.51.